The summed E-state index contributed by atoms with van der Waals surface area (Å²) < 4.78 is 10.6. The highest BCUT2D eigenvalue weighted by atomic mass is 32.1. The van der Waals surface area contributed by atoms with Crippen molar-refractivity contribution in [2.24, 2.45) is 10.7 Å². The van der Waals surface area contributed by atoms with Gasteiger partial charge in [0.15, 0.2) is 0 Å². The maximum atomic E-state index is 5.80. The van der Waals surface area contributed by atoms with Gasteiger partial charge in [-0.25, -0.2) is 0 Å². The minimum atomic E-state index is 0.548. The van der Waals surface area contributed by atoms with Crippen molar-refractivity contribution < 1.29 is 9.47 Å². The number of allylic oxidation sites excluding steroid dienone is 3. The molecule has 1 aromatic carbocycles. The molecule has 1 heterocycles. The number of nitrogens with two attached hydrogens (primary N) is 1. The van der Waals surface area contributed by atoms with Gasteiger partial charge in [-0.3, -0.25) is 4.99 Å². The van der Waals surface area contributed by atoms with E-state index in [1.165, 1.54) is 0 Å². The zero-order valence-electron chi connectivity index (χ0n) is 16.3. The van der Waals surface area contributed by atoms with E-state index in [-0.39, 0.29) is 0 Å². The Balaban J connectivity index is 2.17. The van der Waals surface area contributed by atoms with E-state index in [9.17, 15) is 0 Å². The third-order valence-electron chi connectivity index (χ3n) is 3.96. The summed E-state index contributed by atoms with van der Waals surface area (Å²) in [7, 11) is 1.67. The van der Waals surface area contributed by atoms with Crippen molar-refractivity contribution in [3.8, 4) is 5.75 Å². The summed E-state index contributed by atoms with van der Waals surface area (Å²) in [6.45, 7) is 5.80. The van der Waals surface area contributed by atoms with Crippen LogP contribution in [0.25, 0.3) is 11.3 Å². The van der Waals surface area contributed by atoms with Crippen LogP contribution in [0.5, 0.6) is 5.75 Å². The molecule has 5 heteroatoms. The Morgan fingerprint density at radius 2 is 1.96 bits per heavy atom. The Labute approximate surface area is 166 Å². The average Bonchev–Trinajstić information content (AvgIpc) is 3.21. The average molecular weight is 385 g/mol. The fourth-order valence-electron chi connectivity index (χ4n) is 2.54. The lowest BCUT2D eigenvalue weighted by atomic mass is 10.0. The predicted octanol–water partition coefficient (Wildman–Crippen LogP) is 5.03. The highest BCUT2D eigenvalue weighted by Crippen LogP contribution is 2.23. The third-order valence-corrected chi connectivity index (χ3v) is 4.85. The van der Waals surface area contributed by atoms with Gasteiger partial charge >= 0.3 is 0 Å². The predicted molar refractivity (Wildman–Crippen MR) is 117 cm³/mol. The van der Waals surface area contributed by atoms with Crippen molar-refractivity contribution in [3.63, 3.8) is 0 Å². The monoisotopic (exact) mass is 384 g/mol. The van der Waals surface area contributed by atoms with Crippen molar-refractivity contribution in [2.45, 2.75) is 20.3 Å². The van der Waals surface area contributed by atoms with Crippen LogP contribution in [0.1, 0.15) is 30.7 Å². The maximum absolute atomic E-state index is 5.80. The highest BCUT2D eigenvalue weighted by molar-refractivity contribution is 7.11. The van der Waals surface area contributed by atoms with Gasteiger partial charge in [-0.2, -0.15) is 0 Å². The van der Waals surface area contributed by atoms with Gasteiger partial charge in [0.1, 0.15) is 12.4 Å². The lowest BCUT2D eigenvalue weighted by molar-refractivity contribution is 0.146. The molecule has 0 saturated heterocycles. The van der Waals surface area contributed by atoms with Crippen molar-refractivity contribution in [1.29, 1.82) is 0 Å². The Morgan fingerprint density at radius 3 is 2.56 bits per heavy atom. The summed E-state index contributed by atoms with van der Waals surface area (Å²) >= 11 is 1.69. The van der Waals surface area contributed by atoms with Gasteiger partial charge < -0.3 is 15.2 Å². The van der Waals surface area contributed by atoms with E-state index in [0.717, 1.165) is 39.6 Å². The first-order valence-corrected chi connectivity index (χ1v) is 9.94. The molecule has 0 radical (unpaired) electrons. The molecular formula is C22H28N2O2S. The molecule has 0 saturated carbocycles. The van der Waals surface area contributed by atoms with Gasteiger partial charge in [0.25, 0.3) is 0 Å². The minimum absolute atomic E-state index is 0.548. The molecule has 0 atom stereocenters. The standard InChI is InChI=1S/C22H28N2O2S/c1-4-21(22-6-5-15-27-22)24-19(11-12-23)16-17(2)18-7-9-20(10-8-18)26-14-13-25-3/h4-10,15-16H,11-14,23H2,1-3H3/b17-16+,21-4+,24-19+. The van der Waals surface area contributed by atoms with Gasteiger partial charge in [-0.15, -0.1) is 11.3 Å². The van der Waals surface area contributed by atoms with E-state index in [1.807, 2.05) is 31.2 Å². The first-order chi connectivity index (χ1) is 13.2. The number of benzene rings is 1. The van der Waals surface area contributed by atoms with Crippen molar-refractivity contribution in [3.05, 3.63) is 64.4 Å². The molecule has 27 heavy (non-hydrogen) atoms. The smallest absolute Gasteiger partial charge is 0.119 e. The van der Waals surface area contributed by atoms with Crippen LogP contribution in [-0.4, -0.2) is 32.6 Å². The lowest BCUT2D eigenvalue weighted by Crippen LogP contribution is -2.06. The highest BCUT2D eigenvalue weighted by Gasteiger charge is 2.04. The first kappa shape index (κ1) is 21.1. The molecule has 0 bridgehead atoms. The molecule has 2 aromatic rings. The van der Waals surface area contributed by atoms with E-state index in [4.69, 9.17) is 20.2 Å². The number of methoxy groups -OCH3 is 1. The van der Waals surface area contributed by atoms with Crippen LogP contribution in [0.4, 0.5) is 0 Å². The van der Waals surface area contributed by atoms with E-state index in [0.29, 0.717) is 19.8 Å². The Kier molecular flexibility index (Phi) is 8.98. The zero-order valence-corrected chi connectivity index (χ0v) is 17.1. The van der Waals surface area contributed by atoms with Crippen LogP contribution in [0.2, 0.25) is 0 Å². The van der Waals surface area contributed by atoms with E-state index >= 15 is 0 Å². The summed E-state index contributed by atoms with van der Waals surface area (Å²) in [5.41, 5.74) is 10.1. The topological polar surface area (TPSA) is 56.8 Å². The Hall–Kier alpha value is -2.21. The van der Waals surface area contributed by atoms with Crippen LogP contribution >= 0.6 is 11.3 Å². The number of ether oxygens (including phenoxy) is 2. The molecule has 2 N–H and O–H groups in total. The van der Waals surface area contributed by atoms with Crippen LogP contribution in [0.15, 0.2) is 58.9 Å². The molecular weight excluding hydrogens is 356 g/mol. The van der Waals surface area contributed by atoms with Gasteiger partial charge in [0.05, 0.1) is 17.2 Å². The third kappa shape index (κ3) is 6.79. The second-order valence-corrected chi connectivity index (χ2v) is 6.93. The number of aliphatic imine (C=N–C) groups is 1. The SMILES string of the molecule is C/C=C(/N=C(/C=C(\C)c1ccc(OCCOC)cc1)CCN)c1cccs1. The number of thiophene rings is 1. The molecule has 0 aliphatic rings. The maximum Gasteiger partial charge on any atom is 0.119 e. The molecule has 1 aromatic heterocycles. The number of hydrogen-bond donors (Lipinski definition) is 1. The van der Waals surface area contributed by atoms with Crippen molar-refractivity contribution in [1.82, 2.24) is 0 Å². The number of nitrogens with zero attached hydrogens (tertiary/aromatic N) is 1. The van der Waals surface area contributed by atoms with E-state index in [2.05, 4.69) is 36.6 Å². The van der Waals surface area contributed by atoms with Gasteiger partial charge in [-0.1, -0.05) is 24.3 Å². The fraction of sp³-hybridized carbons (Fsp3) is 0.318. The van der Waals surface area contributed by atoms with Crippen LogP contribution in [0, 0.1) is 0 Å². The van der Waals surface area contributed by atoms with Gasteiger partial charge in [-0.05, 0) is 61.2 Å². The molecule has 2 rings (SSSR count). The summed E-state index contributed by atoms with van der Waals surface area (Å²) in [5, 5.41) is 2.06. The molecule has 0 spiro atoms. The second-order valence-electron chi connectivity index (χ2n) is 5.99. The molecule has 0 aliphatic carbocycles. The largest absolute Gasteiger partial charge is 0.491 e. The molecule has 0 amide bonds. The van der Waals surface area contributed by atoms with Crippen LogP contribution in [-0.2, 0) is 4.74 Å². The number of hydrogen-bond acceptors (Lipinski definition) is 5. The molecule has 0 unspecified atom stereocenters. The fourth-order valence-corrected chi connectivity index (χ4v) is 3.28. The van der Waals surface area contributed by atoms with Gasteiger partial charge in [0, 0.05) is 19.2 Å². The van der Waals surface area contributed by atoms with E-state index < -0.39 is 0 Å². The summed E-state index contributed by atoms with van der Waals surface area (Å²) in [4.78, 5) is 6.02. The van der Waals surface area contributed by atoms with Gasteiger partial charge in [0.2, 0.25) is 0 Å². The molecule has 0 aliphatic heterocycles. The molecule has 4 nitrogen and oxygen atoms in total. The summed E-state index contributed by atoms with van der Waals surface area (Å²) in [5.74, 6) is 0.841. The van der Waals surface area contributed by atoms with Crippen molar-refractivity contribution >= 4 is 28.3 Å². The Morgan fingerprint density at radius 1 is 1.19 bits per heavy atom. The van der Waals surface area contributed by atoms with E-state index in [1.54, 1.807) is 18.4 Å². The zero-order chi connectivity index (χ0) is 19.5. The Bertz CT molecular complexity index is 775. The summed E-state index contributed by atoms with van der Waals surface area (Å²) in [6, 6.07) is 12.2. The van der Waals surface area contributed by atoms with Crippen molar-refractivity contribution in [2.75, 3.05) is 26.9 Å². The van der Waals surface area contributed by atoms with Crippen LogP contribution < -0.4 is 10.5 Å². The second kappa shape index (κ2) is 11.5. The first-order valence-electron chi connectivity index (χ1n) is 9.06. The summed E-state index contributed by atoms with van der Waals surface area (Å²) in [6.07, 6.45) is 4.89. The quantitative estimate of drug-likeness (QED) is 0.462. The number of rotatable bonds is 10. The normalized spacial score (nSPS) is 13.1. The lowest BCUT2D eigenvalue weighted by Gasteiger charge is -2.08. The van der Waals surface area contributed by atoms with Crippen LogP contribution in [0.3, 0.4) is 0 Å². The minimum Gasteiger partial charge on any atom is -0.491 e. The molecule has 0 fully saturated rings. The molecule has 144 valence electrons.